The fourth-order valence-electron chi connectivity index (χ4n) is 12.1. The van der Waals surface area contributed by atoms with Gasteiger partial charge in [-0.1, -0.05) is 260 Å². The minimum absolute atomic E-state index is 0.244. The molecule has 19 heteroatoms. The fourth-order valence-corrected chi connectivity index (χ4v) is 12.1. The van der Waals surface area contributed by atoms with E-state index in [1.165, 1.54) is 141 Å². The van der Waals surface area contributed by atoms with Crippen LogP contribution >= 0.6 is 0 Å². The van der Waals surface area contributed by atoms with E-state index >= 15 is 0 Å². The Morgan fingerprint density at radius 3 is 1.16 bits per heavy atom. The maximum Gasteiger partial charge on any atom is 0.220 e. The summed E-state index contributed by atoms with van der Waals surface area (Å²) in [4.78, 5) is 13.3. The number of allylic oxidation sites excluding steroid dienone is 11. The van der Waals surface area contributed by atoms with Crippen LogP contribution in [0, 0.1) is 0 Å². The minimum atomic E-state index is -1.98. The molecule has 3 aliphatic rings. The van der Waals surface area contributed by atoms with E-state index in [1.54, 1.807) is 6.08 Å². The van der Waals surface area contributed by atoms with Gasteiger partial charge in [-0.05, 0) is 64.2 Å². The second-order valence-electron chi connectivity index (χ2n) is 26.0. The lowest BCUT2D eigenvalue weighted by Crippen LogP contribution is -2.66. The molecule has 0 aromatic heterocycles. The molecule has 0 aromatic carbocycles. The molecule has 0 aliphatic carbocycles. The molecule has 0 radical (unpaired) electrons. The third kappa shape index (κ3) is 36.6. The monoisotopic (exact) mass is 1320 g/mol. The van der Waals surface area contributed by atoms with Crippen LogP contribution in [-0.2, 0) is 33.2 Å². The van der Waals surface area contributed by atoms with Crippen LogP contribution in [0.1, 0.15) is 258 Å². The standard InChI is InChI=1S/C74H131NO18/c1-3-5-7-9-11-12-13-14-15-16-17-18-19-20-21-22-23-24-25-26-27-28-29-30-31-32-33-34-35-36-37-38-39-40-41-42-43-44-46-48-50-52-62(80)75-57(58(79)51-49-47-45-10-8-6-4-2)56-88-72-68(86)65(83)70(60(54-77)90-72)93-74-69(87)66(84)71(61(55-78)91-74)92-73-67(85)64(82)63(81)59(53-76)89-73/h5,7,11-12,14-15,17-18,20-21,49,51,57-61,63-74,76-79,81-87H,3-4,6,8-10,13,16,19,22-48,50,52-56H2,1-2H3,(H,75,80)/b7-5-,12-11-,15-14-,18-17-,21-20-,51-49+. The number of aliphatic hydroxyl groups excluding tert-OH is 11. The first-order valence-corrected chi connectivity index (χ1v) is 36.7. The van der Waals surface area contributed by atoms with Gasteiger partial charge in [-0.2, -0.15) is 0 Å². The SMILES string of the molecule is CC/C=C\C/C=C\C/C=C\C/C=C\C/C=C\CCCCCCCCCCCCCCCCCCCCCCCCCCCC(=O)NC(COC1OC(CO)C(OC2OC(CO)C(OC3OC(CO)C(O)C(O)C3O)C(O)C2O)C(O)C1O)C(O)/C=C/CCCCCCC. The molecule has 0 bridgehead atoms. The first-order valence-electron chi connectivity index (χ1n) is 36.7. The Morgan fingerprint density at radius 2 is 0.742 bits per heavy atom. The van der Waals surface area contributed by atoms with Gasteiger partial charge in [0, 0.05) is 6.42 Å². The molecule has 3 aliphatic heterocycles. The van der Waals surface area contributed by atoms with Gasteiger partial charge >= 0.3 is 0 Å². The van der Waals surface area contributed by atoms with Crippen LogP contribution in [0.25, 0.3) is 0 Å². The van der Waals surface area contributed by atoms with Crippen LogP contribution < -0.4 is 5.32 Å². The molecule has 17 unspecified atom stereocenters. The summed E-state index contributed by atoms with van der Waals surface area (Å²) in [6.45, 7) is 1.54. The van der Waals surface area contributed by atoms with Gasteiger partial charge in [-0.15, -0.1) is 0 Å². The summed E-state index contributed by atoms with van der Waals surface area (Å²) in [6.07, 6.45) is 44.1. The molecule has 1 amide bonds. The summed E-state index contributed by atoms with van der Waals surface area (Å²) >= 11 is 0. The summed E-state index contributed by atoms with van der Waals surface area (Å²) < 4.78 is 34.2. The number of carbonyl (C=O) groups is 1. The lowest BCUT2D eigenvalue weighted by molar-refractivity contribution is -0.379. The van der Waals surface area contributed by atoms with E-state index in [9.17, 15) is 61.0 Å². The first-order chi connectivity index (χ1) is 45.3. The van der Waals surface area contributed by atoms with E-state index < -0.39 is 124 Å². The number of aliphatic hydroxyl groups is 11. The summed E-state index contributed by atoms with van der Waals surface area (Å²) in [6, 6.07) is -0.970. The molecular weight excluding hydrogens is 1190 g/mol. The van der Waals surface area contributed by atoms with Gasteiger partial charge in [0.1, 0.15) is 73.2 Å². The zero-order chi connectivity index (χ0) is 67.5. The quantitative estimate of drug-likeness (QED) is 0.0199. The van der Waals surface area contributed by atoms with Gasteiger partial charge in [0.15, 0.2) is 18.9 Å². The number of carbonyl (C=O) groups excluding carboxylic acids is 1. The topological polar surface area (TPSA) is 307 Å². The van der Waals surface area contributed by atoms with Crippen LogP contribution in [0.15, 0.2) is 72.9 Å². The molecule has 3 fully saturated rings. The van der Waals surface area contributed by atoms with Crippen LogP contribution in [0.2, 0.25) is 0 Å². The predicted octanol–water partition coefficient (Wildman–Crippen LogP) is 10.5. The highest BCUT2D eigenvalue weighted by Crippen LogP contribution is 2.33. The highest BCUT2D eigenvalue weighted by Gasteiger charge is 2.53. The Labute approximate surface area is 559 Å². The Bertz CT molecular complexity index is 1970. The van der Waals surface area contributed by atoms with E-state index in [0.29, 0.717) is 6.42 Å². The molecule has 3 heterocycles. The molecule has 3 rings (SSSR count). The zero-order valence-electron chi connectivity index (χ0n) is 57.2. The molecule has 0 saturated carbocycles. The van der Waals surface area contributed by atoms with E-state index in [4.69, 9.17) is 28.4 Å². The second-order valence-corrected chi connectivity index (χ2v) is 26.0. The highest BCUT2D eigenvalue weighted by atomic mass is 16.8. The zero-order valence-corrected chi connectivity index (χ0v) is 57.2. The molecule has 93 heavy (non-hydrogen) atoms. The minimum Gasteiger partial charge on any atom is -0.394 e. The number of ether oxygens (including phenoxy) is 6. The van der Waals surface area contributed by atoms with Crippen molar-refractivity contribution in [2.75, 3.05) is 26.4 Å². The summed E-state index contributed by atoms with van der Waals surface area (Å²) in [5.41, 5.74) is 0. The second kappa shape index (κ2) is 55.1. The van der Waals surface area contributed by atoms with Crippen LogP contribution in [0.4, 0.5) is 0 Å². The molecular formula is C74H131NO18. The Morgan fingerprint density at radius 1 is 0.398 bits per heavy atom. The molecule has 19 nitrogen and oxygen atoms in total. The number of rotatable bonds is 56. The van der Waals surface area contributed by atoms with Crippen LogP contribution in [0.3, 0.4) is 0 Å². The Kier molecular flexibility index (Phi) is 50.1. The number of hydrogen-bond donors (Lipinski definition) is 12. The lowest BCUT2D eigenvalue weighted by Gasteiger charge is -2.48. The molecule has 12 N–H and O–H groups in total. The van der Waals surface area contributed by atoms with Crippen molar-refractivity contribution in [3.05, 3.63) is 72.9 Å². The van der Waals surface area contributed by atoms with Crippen molar-refractivity contribution in [2.24, 2.45) is 0 Å². The number of hydrogen-bond acceptors (Lipinski definition) is 18. The van der Waals surface area contributed by atoms with Crippen molar-refractivity contribution < 1.29 is 89.4 Å². The van der Waals surface area contributed by atoms with Crippen molar-refractivity contribution in [3.8, 4) is 0 Å². The fraction of sp³-hybridized carbons (Fsp3) is 0.824. The van der Waals surface area contributed by atoms with Crippen LogP contribution in [0.5, 0.6) is 0 Å². The predicted molar refractivity (Wildman–Crippen MR) is 365 cm³/mol. The Hall–Kier alpha value is -2.77. The number of unbranched alkanes of at least 4 members (excludes halogenated alkanes) is 30. The number of amides is 1. The van der Waals surface area contributed by atoms with E-state index in [-0.39, 0.29) is 18.9 Å². The summed E-state index contributed by atoms with van der Waals surface area (Å²) in [5.74, 6) is -0.278. The summed E-state index contributed by atoms with van der Waals surface area (Å²) in [5, 5.41) is 120. The highest BCUT2D eigenvalue weighted by molar-refractivity contribution is 5.76. The van der Waals surface area contributed by atoms with Gasteiger partial charge in [0.05, 0.1) is 38.6 Å². The maximum absolute atomic E-state index is 13.3. The largest absolute Gasteiger partial charge is 0.394 e. The lowest BCUT2D eigenvalue weighted by atomic mass is 9.96. The number of nitrogens with one attached hydrogen (secondary N) is 1. The van der Waals surface area contributed by atoms with Crippen molar-refractivity contribution in [2.45, 2.75) is 362 Å². The third-order valence-electron chi connectivity index (χ3n) is 18.0. The van der Waals surface area contributed by atoms with Gasteiger partial charge in [0.25, 0.3) is 0 Å². The molecule has 0 aromatic rings. The van der Waals surface area contributed by atoms with Crippen molar-refractivity contribution in [3.63, 3.8) is 0 Å². The molecule has 540 valence electrons. The van der Waals surface area contributed by atoms with E-state index in [2.05, 4.69) is 79.9 Å². The smallest absolute Gasteiger partial charge is 0.220 e. The van der Waals surface area contributed by atoms with Crippen LogP contribution in [-0.4, -0.2) is 193 Å². The average molecular weight is 1320 g/mol. The molecule has 0 spiro atoms. The first kappa shape index (κ1) is 84.5. The third-order valence-corrected chi connectivity index (χ3v) is 18.0. The normalized spacial score (nSPS) is 27.9. The average Bonchev–Trinajstić information content (AvgIpc) is 0.798. The van der Waals surface area contributed by atoms with Gasteiger partial charge in [-0.25, -0.2) is 0 Å². The van der Waals surface area contributed by atoms with Gasteiger partial charge < -0.3 is 89.9 Å². The maximum atomic E-state index is 13.3. The van der Waals surface area contributed by atoms with Gasteiger partial charge in [0.2, 0.25) is 5.91 Å². The van der Waals surface area contributed by atoms with E-state index in [1.807, 2.05) is 6.08 Å². The molecule has 17 atom stereocenters. The van der Waals surface area contributed by atoms with Crippen molar-refractivity contribution in [1.29, 1.82) is 0 Å². The van der Waals surface area contributed by atoms with Crippen molar-refractivity contribution in [1.82, 2.24) is 5.32 Å². The van der Waals surface area contributed by atoms with Crippen molar-refractivity contribution >= 4 is 5.91 Å². The van der Waals surface area contributed by atoms with E-state index in [0.717, 1.165) is 89.9 Å². The Balaban J connectivity index is 1.22. The molecule has 3 saturated heterocycles. The summed E-state index contributed by atoms with van der Waals surface area (Å²) in [7, 11) is 0. The van der Waals surface area contributed by atoms with Gasteiger partial charge in [-0.3, -0.25) is 4.79 Å².